The van der Waals surface area contributed by atoms with E-state index < -0.39 is 28.5 Å². The van der Waals surface area contributed by atoms with Crippen molar-refractivity contribution in [3.63, 3.8) is 0 Å². The predicted molar refractivity (Wildman–Crippen MR) is 191 cm³/mol. The van der Waals surface area contributed by atoms with Gasteiger partial charge in [-0.25, -0.2) is 8.42 Å². The molecule has 0 aliphatic heterocycles. The summed E-state index contributed by atoms with van der Waals surface area (Å²) in [6.07, 6.45) is 0.192. The minimum atomic E-state index is -4.38. The Hall–Kier alpha value is -4.74. The first kappa shape index (κ1) is 37.1. The molecule has 1 N–H and O–H groups in total. The monoisotopic (exact) mass is 707 g/mol. The van der Waals surface area contributed by atoms with Crippen molar-refractivity contribution in [2.75, 3.05) is 31.7 Å². The second-order valence-electron chi connectivity index (χ2n) is 11.5. The molecule has 0 radical (unpaired) electrons. The third-order valence-electron chi connectivity index (χ3n) is 7.60. The second-order valence-corrected chi connectivity index (χ2v) is 13.8. The van der Waals surface area contributed by atoms with Gasteiger partial charge in [0, 0.05) is 30.1 Å². The van der Waals surface area contributed by atoms with Crippen LogP contribution >= 0.6 is 11.6 Å². The second kappa shape index (κ2) is 17.1. The summed E-state index contributed by atoms with van der Waals surface area (Å²) in [5.74, 6) is 0.120. The van der Waals surface area contributed by atoms with Gasteiger partial charge in [-0.2, -0.15) is 0 Å². The first-order valence-corrected chi connectivity index (χ1v) is 17.6. The van der Waals surface area contributed by atoms with E-state index in [2.05, 4.69) is 5.32 Å². The third-order valence-corrected chi connectivity index (χ3v) is 9.61. The maximum Gasteiger partial charge on any atom is 0.264 e. The van der Waals surface area contributed by atoms with Crippen molar-refractivity contribution in [2.24, 2.45) is 0 Å². The average molecular weight is 708 g/mol. The fourth-order valence-electron chi connectivity index (χ4n) is 5.27. The summed E-state index contributed by atoms with van der Waals surface area (Å²) in [5, 5.41) is 3.41. The lowest BCUT2D eigenvalue weighted by molar-refractivity contribution is -0.140. The Bertz CT molecular complexity index is 1820. The molecule has 0 spiro atoms. The van der Waals surface area contributed by atoms with E-state index >= 15 is 0 Å². The fourth-order valence-corrected chi connectivity index (χ4v) is 6.92. The standard InChI is InChI=1S/C37H42ClN3O7S/c1-6-48-31-17-15-30(16-18-31)41(49(44,45)32-19-20-34(46-4)35(23-32)47-5)25-36(42)40(24-28-13-10-14-29(38)21-28)33(37(43)39-26(2)3)22-27-11-8-7-9-12-27/h7-21,23,26,33H,6,22,24-25H2,1-5H3,(H,39,43). The first-order valence-electron chi connectivity index (χ1n) is 15.8. The van der Waals surface area contributed by atoms with Gasteiger partial charge in [-0.15, -0.1) is 0 Å². The number of halogens is 1. The zero-order valence-corrected chi connectivity index (χ0v) is 29.8. The molecule has 1 unspecified atom stereocenters. The van der Waals surface area contributed by atoms with E-state index in [1.54, 1.807) is 48.5 Å². The maximum atomic E-state index is 14.6. The number of nitrogens with one attached hydrogen (secondary N) is 1. The van der Waals surface area contributed by atoms with Crippen molar-refractivity contribution in [3.8, 4) is 17.2 Å². The van der Waals surface area contributed by atoms with E-state index in [1.165, 1.54) is 37.3 Å². The first-order chi connectivity index (χ1) is 23.5. The molecule has 49 heavy (non-hydrogen) atoms. The van der Waals surface area contributed by atoms with Crippen LogP contribution in [0.4, 0.5) is 5.69 Å². The quantitative estimate of drug-likeness (QED) is 0.149. The lowest BCUT2D eigenvalue weighted by Gasteiger charge is -2.34. The molecule has 0 heterocycles. The lowest BCUT2D eigenvalue weighted by atomic mass is 10.0. The summed E-state index contributed by atoms with van der Waals surface area (Å²) < 4.78 is 46.2. The molecule has 0 aromatic heterocycles. The largest absolute Gasteiger partial charge is 0.494 e. The van der Waals surface area contributed by atoms with Gasteiger partial charge in [-0.05, 0) is 80.4 Å². The van der Waals surface area contributed by atoms with Gasteiger partial charge >= 0.3 is 0 Å². The Kier molecular flexibility index (Phi) is 12.9. The van der Waals surface area contributed by atoms with Gasteiger partial charge in [0.1, 0.15) is 18.3 Å². The van der Waals surface area contributed by atoms with Crippen molar-refractivity contribution < 1.29 is 32.2 Å². The number of benzene rings is 4. The maximum absolute atomic E-state index is 14.6. The number of methoxy groups -OCH3 is 2. The molecule has 0 aliphatic rings. The Morgan fingerprint density at radius 1 is 0.837 bits per heavy atom. The third kappa shape index (κ3) is 9.67. The van der Waals surface area contributed by atoms with Gasteiger partial charge in [0.05, 0.1) is 31.4 Å². The van der Waals surface area contributed by atoms with E-state index in [-0.39, 0.29) is 41.2 Å². The van der Waals surface area contributed by atoms with Crippen LogP contribution in [-0.4, -0.2) is 64.6 Å². The number of amides is 2. The van der Waals surface area contributed by atoms with Crippen LogP contribution in [0.25, 0.3) is 0 Å². The number of carbonyl (C=O) groups excluding carboxylic acids is 2. The van der Waals surface area contributed by atoms with Crippen molar-refractivity contribution >= 4 is 39.1 Å². The average Bonchev–Trinajstić information content (AvgIpc) is 3.09. The lowest BCUT2D eigenvalue weighted by Crippen LogP contribution is -2.54. The molecule has 0 saturated heterocycles. The number of hydrogen-bond donors (Lipinski definition) is 1. The molecule has 4 aromatic carbocycles. The van der Waals surface area contributed by atoms with Crippen LogP contribution in [0, 0.1) is 0 Å². The van der Waals surface area contributed by atoms with E-state index in [1.807, 2.05) is 51.1 Å². The van der Waals surface area contributed by atoms with E-state index in [4.69, 9.17) is 25.8 Å². The van der Waals surface area contributed by atoms with E-state index in [0.717, 1.165) is 9.87 Å². The van der Waals surface area contributed by atoms with Crippen LogP contribution in [0.1, 0.15) is 31.9 Å². The highest BCUT2D eigenvalue weighted by molar-refractivity contribution is 7.92. The molecule has 12 heteroatoms. The van der Waals surface area contributed by atoms with Crippen LogP contribution in [0.5, 0.6) is 17.2 Å². The van der Waals surface area contributed by atoms with Gasteiger partial charge in [0.15, 0.2) is 11.5 Å². The molecule has 0 aliphatic carbocycles. The van der Waals surface area contributed by atoms with Crippen molar-refractivity contribution in [2.45, 2.75) is 50.7 Å². The molecular weight excluding hydrogens is 666 g/mol. The molecule has 260 valence electrons. The van der Waals surface area contributed by atoms with Gasteiger partial charge in [0.2, 0.25) is 11.8 Å². The van der Waals surface area contributed by atoms with Gasteiger partial charge in [-0.1, -0.05) is 54.1 Å². The number of nitrogens with zero attached hydrogens (tertiary/aromatic N) is 2. The van der Waals surface area contributed by atoms with Crippen LogP contribution in [0.3, 0.4) is 0 Å². The summed E-state index contributed by atoms with van der Waals surface area (Å²) in [7, 11) is -1.52. The van der Waals surface area contributed by atoms with Gasteiger partial charge in [0.25, 0.3) is 10.0 Å². The van der Waals surface area contributed by atoms with Crippen molar-refractivity contribution in [1.29, 1.82) is 0 Å². The Morgan fingerprint density at radius 3 is 2.12 bits per heavy atom. The molecule has 4 aromatic rings. The number of hydrogen-bond acceptors (Lipinski definition) is 7. The minimum Gasteiger partial charge on any atom is -0.494 e. The summed E-state index contributed by atoms with van der Waals surface area (Å²) in [6, 6.07) is 25.8. The molecule has 1 atom stereocenters. The smallest absolute Gasteiger partial charge is 0.264 e. The predicted octanol–water partition coefficient (Wildman–Crippen LogP) is 6.12. The number of ether oxygens (including phenoxy) is 3. The van der Waals surface area contributed by atoms with E-state index in [0.29, 0.717) is 28.7 Å². The van der Waals surface area contributed by atoms with Crippen molar-refractivity contribution in [3.05, 3.63) is 113 Å². The van der Waals surface area contributed by atoms with Crippen LogP contribution < -0.4 is 23.8 Å². The van der Waals surface area contributed by atoms with E-state index in [9.17, 15) is 18.0 Å². The number of rotatable bonds is 16. The molecule has 0 fully saturated rings. The summed E-state index contributed by atoms with van der Waals surface area (Å²) in [4.78, 5) is 29.8. The normalized spacial score (nSPS) is 11.8. The summed E-state index contributed by atoms with van der Waals surface area (Å²) in [6.45, 7) is 5.32. The molecule has 0 saturated carbocycles. The van der Waals surface area contributed by atoms with Gasteiger partial charge in [-0.3, -0.25) is 13.9 Å². The minimum absolute atomic E-state index is 0.00403. The SMILES string of the molecule is CCOc1ccc(N(CC(=O)N(Cc2cccc(Cl)c2)C(Cc2ccccc2)C(=O)NC(C)C)S(=O)(=O)c2ccc(OC)c(OC)c2)cc1. The number of carbonyl (C=O) groups is 2. The zero-order chi connectivity index (χ0) is 35.6. The Labute approximate surface area is 293 Å². The highest BCUT2D eigenvalue weighted by Crippen LogP contribution is 2.33. The summed E-state index contributed by atoms with van der Waals surface area (Å²) >= 11 is 6.32. The van der Waals surface area contributed by atoms with Crippen LogP contribution in [-0.2, 0) is 32.6 Å². The van der Waals surface area contributed by atoms with Gasteiger partial charge < -0.3 is 24.4 Å². The highest BCUT2D eigenvalue weighted by atomic mass is 35.5. The molecular formula is C37H42ClN3O7S. The molecule has 10 nitrogen and oxygen atoms in total. The molecule has 2 amide bonds. The Morgan fingerprint density at radius 2 is 1.51 bits per heavy atom. The molecule has 0 bridgehead atoms. The highest BCUT2D eigenvalue weighted by Gasteiger charge is 2.35. The number of anilines is 1. The number of sulfonamides is 1. The fraction of sp³-hybridized carbons (Fsp3) is 0.297. The van der Waals surface area contributed by atoms with Crippen molar-refractivity contribution in [1.82, 2.24) is 10.2 Å². The van der Waals surface area contributed by atoms with Crippen LogP contribution in [0.2, 0.25) is 5.02 Å². The Balaban J connectivity index is 1.84. The summed E-state index contributed by atoms with van der Waals surface area (Å²) in [5.41, 5.74) is 1.73. The topological polar surface area (TPSA) is 114 Å². The zero-order valence-electron chi connectivity index (χ0n) is 28.3. The van der Waals surface area contributed by atoms with Crippen LogP contribution in [0.15, 0.2) is 102 Å². The molecule has 4 rings (SSSR count).